The number of nitrogens with one attached hydrogen (secondary N) is 1. The molecule has 18 heavy (non-hydrogen) atoms. The molecule has 0 aliphatic heterocycles. The van der Waals surface area contributed by atoms with Crippen LogP contribution in [0.15, 0.2) is 40.0 Å². The van der Waals surface area contributed by atoms with Gasteiger partial charge in [0.2, 0.25) is 0 Å². The van der Waals surface area contributed by atoms with E-state index in [2.05, 4.69) is 15.5 Å². The molecule has 0 unspecified atom stereocenters. The van der Waals surface area contributed by atoms with E-state index in [0.717, 1.165) is 11.5 Å². The van der Waals surface area contributed by atoms with E-state index >= 15 is 0 Å². The molecule has 1 amide bonds. The highest BCUT2D eigenvalue weighted by molar-refractivity contribution is 5.94. The first-order valence-corrected chi connectivity index (χ1v) is 5.47. The van der Waals surface area contributed by atoms with E-state index in [-0.39, 0.29) is 5.91 Å². The summed E-state index contributed by atoms with van der Waals surface area (Å²) in [5, 5.41) is 3.81. The molecule has 0 bridgehead atoms. The van der Waals surface area contributed by atoms with Gasteiger partial charge in [0, 0.05) is 11.9 Å². The largest absolute Gasteiger partial charge is 0.460 e. The lowest BCUT2D eigenvalue weighted by molar-refractivity contribution is 0.0955. The number of aromatic nitrogens is 1. The first-order chi connectivity index (χ1) is 8.65. The van der Waals surface area contributed by atoms with Crippen molar-refractivity contribution in [3.05, 3.63) is 53.2 Å². The lowest BCUT2D eigenvalue weighted by Gasteiger charge is -1.98. The Kier molecular flexibility index (Phi) is 3.52. The topological polar surface area (TPSA) is 67.5 Å². The zero-order chi connectivity index (χ0) is 13.0. The molecule has 0 radical (unpaired) electrons. The van der Waals surface area contributed by atoms with Gasteiger partial charge >= 0.3 is 0 Å². The number of aryl methyl sites for hydroxylation is 2. The van der Waals surface area contributed by atoms with Crippen molar-refractivity contribution >= 4 is 12.1 Å². The number of amides is 1. The summed E-state index contributed by atoms with van der Waals surface area (Å²) < 4.78 is 5.27. The number of hydrogen-bond donors (Lipinski definition) is 1. The molecule has 0 spiro atoms. The molecular weight excluding hydrogens is 230 g/mol. The monoisotopic (exact) mass is 243 g/mol. The van der Waals surface area contributed by atoms with E-state index in [9.17, 15) is 4.79 Å². The normalized spacial score (nSPS) is 10.8. The Morgan fingerprint density at radius 2 is 2.17 bits per heavy atom. The quantitative estimate of drug-likeness (QED) is 0.662. The number of hydrazone groups is 1. The summed E-state index contributed by atoms with van der Waals surface area (Å²) in [5.74, 6) is 1.09. The molecule has 5 heteroatoms. The van der Waals surface area contributed by atoms with E-state index in [0.29, 0.717) is 11.3 Å². The number of carbonyl (C=O) groups excluding carboxylic acids is 1. The highest BCUT2D eigenvalue weighted by Gasteiger charge is 2.03. The average Bonchev–Trinajstić information content (AvgIpc) is 2.76. The van der Waals surface area contributed by atoms with Crippen LogP contribution in [0.5, 0.6) is 0 Å². The maximum Gasteiger partial charge on any atom is 0.272 e. The molecule has 1 N–H and O–H groups in total. The molecule has 2 heterocycles. The molecule has 0 aliphatic carbocycles. The third-order valence-electron chi connectivity index (χ3n) is 2.29. The van der Waals surface area contributed by atoms with E-state index in [1.165, 1.54) is 12.4 Å². The second kappa shape index (κ2) is 5.27. The van der Waals surface area contributed by atoms with E-state index in [1.807, 2.05) is 19.9 Å². The Hall–Kier alpha value is -2.43. The van der Waals surface area contributed by atoms with Gasteiger partial charge in [-0.1, -0.05) is 0 Å². The minimum absolute atomic E-state index is 0.304. The molecule has 0 saturated carbocycles. The summed E-state index contributed by atoms with van der Waals surface area (Å²) in [5.41, 5.74) is 3.73. The van der Waals surface area contributed by atoms with Gasteiger partial charge in [-0.25, -0.2) is 5.43 Å². The van der Waals surface area contributed by atoms with Crippen LogP contribution >= 0.6 is 0 Å². The van der Waals surface area contributed by atoms with Crippen LogP contribution in [0.4, 0.5) is 0 Å². The van der Waals surface area contributed by atoms with Crippen molar-refractivity contribution in [2.24, 2.45) is 5.10 Å². The molecule has 0 aliphatic rings. The molecule has 92 valence electrons. The fourth-order valence-corrected chi connectivity index (χ4v) is 1.34. The fraction of sp³-hybridized carbons (Fsp3) is 0.154. The van der Waals surface area contributed by atoms with Gasteiger partial charge in [0.05, 0.1) is 11.8 Å². The molecule has 0 atom stereocenters. The van der Waals surface area contributed by atoms with Crippen LogP contribution in [-0.2, 0) is 0 Å². The van der Waals surface area contributed by atoms with Gasteiger partial charge in [-0.05, 0) is 38.1 Å². The number of hydrogen-bond acceptors (Lipinski definition) is 4. The molecule has 2 aromatic rings. The van der Waals surface area contributed by atoms with E-state index < -0.39 is 0 Å². The Morgan fingerprint density at radius 1 is 1.33 bits per heavy atom. The van der Waals surface area contributed by atoms with Crippen molar-refractivity contribution in [1.82, 2.24) is 10.4 Å². The van der Waals surface area contributed by atoms with Gasteiger partial charge in [0.15, 0.2) is 0 Å². The van der Waals surface area contributed by atoms with Crippen LogP contribution < -0.4 is 5.43 Å². The number of carbonyl (C=O) groups is 1. The van der Waals surface area contributed by atoms with Crippen LogP contribution in [0, 0.1) is 13.8 Å². The van der Waals surface area contributed by atoms with Gasteiger partial charge in [-0.15, -0.1) is 0 Å². The number of furan rings is 1. The van der Waals surface area contributed by atoms with Crippen molar-refractivity contribution in [2.45, 2.75) is 13.8 Å². The molecule has 2 rings (SSSR count). The summed E-state index contributed by atoms with van der Waals surface area (Å²) in [6.45, 7) is 3.70. The van der Waals surface area contributed by atoms with Crippen LogP contribution in [-0.4, -0.2) is 17.1 Å². The predicted octanol–water partition coefficient (Wildman–Crippen LogP) is 2.06. The molecule has 5 nitrogen and oxygen atoms in total. The molecule has 0 saturated heterocycles. The highest BCUT2D eigenvalue weighted by atomic mass is 16.3. The Labute approximate surface area is 105 Å². The maximum absolute atomic E-state index is 11.7. The summed E-state index contributed by atoms with van der Waals surface area (Å²) in [4.78, 5) is 15.7. The third kappa shape index (κ3) is 3.04. The SMILES string of the molecule is Cc1ccc(C(=O)NN=Cc2ccc(C)o2)cn1. The first-order valence-electron chi connectivity index (χ1n) is 5.47. The minimum Gasteiger partial charge on any atom is -0.460 e. The summed E-state index contributed by atoms with van der Waals surface area (Å²) >= 11 is 0. The lowest BCUT2D eigenvalue weighted by atomic mass is 10.2. The second-order valence-electron chi connectivity index (χ2n) is 3.84. The van der Waals surface area contributed by atoms with E-state index in [1.54, 1.807) is 18.2 Å². The van der Waals surface area contributed by atoms with Gasteiger partial charge in [-0.2, -0.15) is 5.10 Å². The van der Waals surface area contributed by atoms with Crippen molar-refractivity contribution in [1.29, 1.82) is 0 Å². The molecule has 0 aromatic carbocycles. The molecule has 0 fully saturated rings. The lowest BCUT2D eigenvalue weighted by Crippen LogP contribution is -2.17. The van der Waals surface area contributed by atoms with Gasteiger partial charge in [-0.3, -0.25) is 9.78 Å². The van der Waals surface area contributed by atoms with Gasteiger partial charge < -0.3 is 4.42 Å². The third-order valence-corrected chi connectivity index (χ3v) is 2.29. The van der Waals surface area contributed by atoms with E-state index in [4.69, 9.17) is 4.42 Å². The standard InChI is InChI=1S/C13H13N3O2/c1-9-3-5-11(7-14-9)13(17)16-15-8-12-6-4-10(2)18-12/h3-8H,1-2H3,(H,16,17). The Bertz CT molecular complexity index is 570. The first kappa shape index (κ1) is 12.0. The smallest absolute Gasteiger partial charge is 0.272 e. The van der Waals surface area contributed by atoms with Crippen LogP contribution in [0.2, 0.25) is 0 Å². The summed E-state index contributed by atoms with van der Waals surface area (Å²) in [6, 6.07) is 7.07. The predicted molar refractivity (Wildman–Crippen MR) is 67.5 cm³/mol. The summed E-state index contributed by atoms with van der Waals surface area (Å²) in [6.07, 6.45) is 2.96. The zero-order valence-corrected chi connectivity index (χ0v) is 10.2. The number of pyridine rings is 1. The number of rotatable bonds is 3. The van der Waals surface area contributed by atoms with Crippen LogP contribution in [0.1, 0.15) is 27.6 Å². The minimum atomic E-state index is -0.304. The van der Waals surface area contributed by atoms with Gasteiger partial charge in [0.1, 0.15) is 11.5 Å². The van der Waals surface area contributed by atoms with Crippen LogP contribution in [0.25, 0.3) is 0 Å². The van der Waals surface area contributed by atoms with Crippen molar-refractivity contribution < 1.29 is 9.21 Å². The van der Waals surface area contributed by atoms with Crippen molar-refractivity contribution in [2.75, 3.05) is 0 Å². The number of nitrogens with zero attached hydrogens (tertiary/aromatic N) is 2. The average molecular weight is 243 g/mol. The van der Waals surface area contributed by atoms with Crippen molar-refractivity contribution in [3.8, 4) is 0 Å². The fourth-order valence-electron chi connectivity index (χ4n) is 1.34. The van der Waals surface area contributed by atoms with Gasteiger partial charge in [0.25, 0.3) is 5.91 Å². The Balaban J connectivity index is 1.96. The van der Waals surface area contributed by atoms with Crippen LogP contribution in [0.3, 0.4) is 0 Å². The molecular formula is C13H13N3O2. The highest BCUT2D eigenvalue weighted by Crippen LogP contribution is 2.03. The summed E-state index contributed by atoms with van der Waals surface area (Å²) in [7, 11) is 0. The molecule has 2 aromatic heterocycles. The zero-order valence-electron chi connectivity index (χ0n) is 10.2. The maximum atomic E-state index is 11.7. The second-order valence-corrected chi connectivity index (χ2v) is 3.84. The Morgan fingerprint density at radius 3 is 2.78 bits per heavy atom. The van der Waals surface area contributed by atoms with Crippen molar-refractivity contribution in [3.63, 3.8) is 0 Å².